The summed E-state index contributed by atoms with van der Waals surface area (Å²) in [4.78, 5) is 28.4. The van der Waals surface area contributed by atoms with Crippen molar-refractivity contribution in [3.63, 3.8) is 0 Å². The molecule has 0 radical (unpaired) electrons. The maximum atomic E-state index is 14.0. The molecule has 214 valence electrons. The summed E-state index contributed by atoms with van der Waals surface area (Å²) < 4.78 is 28.6. The van der Waals surface area contributed by atoms with Gasteiger partial charge in [-0.25, -0.2) is 8.42 Å². The summed E-state index contributed by atoms with van der Waals surface area (Å²) in [5.41, 5.74) is -0.166. The molecule has 40 heavy (non-hydrogen) atoms. The minimum atomic E-state index is -4.30. The first kappa shape index (κ1) is 32.0. The van der Waals surface area contributed by atoms with Gasteiger partial charge in [-0.3, -0.25) is 13.9 Å². The van der Waals surface area contributed by atoms with Crippen LogP contribution < -0.4 is 9.62 Å². The van der Waals surface area contributed by atoms with Crippen molar-refractivity contribution in [3.05, 3.63) is 92.4 Å². The van der Waals surface area contributed by atoms with Gasteiger partial charge in [0.25, 0.3) is 10.0 Å². The molecule has 1 atom stereocenters. The molecule has 0 aliphatic heterocycles. The van der Waals surface area contributed by atoms with Crippen molar-refractivity contribution in [1.82, 2.24) is 10.2 Å². The lowest BCUT2D eigenvalue weighted by molar-refractivity contribution is -0.140. The molecule has 1 N–H and O–H groups in total. The second kappa shape index (κ2) is 13.0. The molecule has 7 nitrogen and oxygen atoms in total. The lowest BCUT2D eigenvalue weighted by Crippen LogP contribution is -2.54. The number of benzene rings is 3. The quantitative estimate of drug-likeness (QED) is 0.277. The lowest BCUT2D eigenvalue weighted by Gasteiger charge is -2.34. The second-order valence-corrected chi connectivity index (χ2v) is 13.5. The molecule has 3 rings (SSSR count). The number of carbonyl (C=O) groups excluding carboxylic acids is 2. The van der Waals surface area contributed by atoms with Crippen LogP contribution in [0, 0.1) is 0 Å². The normalized spacial score (nSPS) is 12.5. The molecule has 0 bridgehead atoms. The fourth-order valence-electron chi connectivity index (χ4n) is 3.83. The number of carbonyl (C=O) groups is 2. The topological polar surface area (TPSA) is 86.8 Å². The molecule has 0 aromatic heterocycles. The van der Waals surface area contributed by atoms with Crippen LogP contribution in [-0.2, 0) is 26.2 Å². The number of amides is 2. The number of anilines is 1. The zero-order valence-corrected chi connectivity index (χ0v) is 26.1. The molecule has 0 aliphatic rings. The summed E-state index contributed by atoms with van der Waals surface area (Å²) in [7, 11) is -4.30. The third-order valence-electron chi connectivity index (χ3n) is 5.87. The molecular weight excluding hydrogens is 616 g/mol. The van der Waals surface area contributed by atoms with E-state index in [0.29, 0.717) is 15.6 Å². The number of sulfonamides is 1. The number of hydrogen-bond donors (Lipinski definition) is 1. The van der Waals surface area contributed by atoms with E-state index >= 15 is 0 Å². The van der Waals surface area contributed by atoms with Gasteiger partial charge < -0.3 is 10.2 Å². The zero-order chi connectivity index (χ0) is 29.8. The van der Waals surface area contributed by atoms with E-state index in [-0.39, 0.29) is 27.2 Å². The van der Waals surface area contributed by atoms with Crippen molar-refractivity contribution in [1.29, 1.82) is 0 Å². The Hall–Kier alpha value is -2.49. The summed E-state index contributed by atoms with van der Waals surface area (Å²) in [6.45, 7) is 6.13. The van der Waals surface area contributed by atoms with E-state index in [1.807, 2.05) is 20.8 Å². The molecule has 2 amide bonds. The minimum absolute atomic E-state index is 0.00823. The van der Waals surface area contributed by atoms with Crippen LogP contribution in [0.3, 0.4) is 0 Å². The number of halogens is 4. The van der Waals surface area contributed by atoms with Crippen molar-refractivity contribution in [3.8, 4) is 0 Å². The molecule has 3 aromatic carbocycles. The highest BCUT2D eigenvalue weighted by Gasteiger charge is 2.34. The number of rotatable bonds is 9. The third-order valence-corrected chi connectivity index (χ3v) is 9.16. The Morgan fingerprint density at radius 1 is 0.850 bits per heavy atom. The van der Waals surface area contributed by atoms with Crippen LogP contribution in [-0.4, -0.2) is 43.3 Å². The summed E-state index contributed by atoms with van der Waals surface area (Å²) >= 11 is 25.5. The van der Waals surface area contributed by atoms with Crippen molar-refractivity contribution < 1.29 is 18.0 Å². The monoisotopic (exact) mass is 643 g/mol. The molecule has 0 aliphatic carbocycles. The van der Waals surface area contributed by atoms with Crippen LogP contribution in [0.1, 0.15) is 33.3 Å². The Morgan fingerprint density at radius 3 is 1.98 bits per heavy atom. The van der Waals surface area contributed by atoms with E-state index in [1.54, 1.807) is 43.3 Å². The van der Waals surface area contributed by atoms with Gasteiger partial charge in [0.15, 0.2) is 0 Å². The van der Waals surface area contributed by atoms with Gasteiger partial charge in [0.2, 0.25) is 11.8 Å². The molecule has 0 spiro atoms. The summed E-state index contributed by atoms with van der Waals surface area (Å²) in [5.74, 6) is -1.13. The Morgan fingerprint density at radius 2 is 1.40 bits per heavy atom. The van der Waals surface area contributed by atoms with E-state index in [0.717, 1.165) is 4.31 Å². The van der Waals surface area contributed by atoms with Gasteiger partial charge >= 0.3 is 0 Å². The molecule has 0 saturated carbocycles. The van der Waals surface area contributed by atoms with Gasteiger partial charge in [0, 0.05) is 27.7 Å². The Kier molecular flexibility index (Phi) is 10.4. The summed E-state index contributed by atoms with van der Waals surface area (Å²) in [6, 6.07) is 16.0. The molecule has 0 unspecified atom stereocenters. The van der Waals surface area contributed by atoms with Gasteiger partial charge in [-0.2, -0.15) is 0 Å². The Labute approximate surface area is 255 Å². The average Bonchev–Trinajstić information content (AvgIpc) is 2.88. The lowest BCUT2D eigenvalue weighted by atomic mass is 10.1. The van der Waals surface area contributed by atoms with Crippen molar-refractivity contribution in [2.45, 2.75) is 50.7 Å². The van der Waals surface area contributed by atoms with Crippen LogP contribution in [0.25, 0.3) is 0 Å². The van der Waals surface area contributed by atoms with Crippen molar-refractivity contribution in [2.24, 2.45) is 0 Å². The van der Waals surface area contributed by atoms with Crippen LogP contribution in [0.2, 0.25) is 20.1 Å². The van der Waals surface area contributed by atoms with Crippen LogP contribution in [0.15, 0.2) is 71.6 Å². The van der Waals surface area contributed by atoms with Gasteiger partial charge in [-0.15, -0.1) is 0 Å². The fourth-order valence-corrected chi connectivity index (χ4v) is 6.24. The molecule has 0 heterocycles. The molecule has 12 heteroatoms. The number of nitrogens with one attached hydrogen (secondary N) is 1. The van der Waals surface area contributed by atoms with Gasteiger partial charge in [0.1, 0.15) is 12.6 Å². The highest BCUT2D eigenvalue weighted by atomic mass is 35.5. The largest absolute Gasteiger partial charge is 0.350 e. The SMILES string of the molecule is C[C@@H](C(=O)NC(C)(C)C)N(Cc1c(Cl)cccc1Cl)C(=O)CN(c1cccc(Cl)c1Cl)S(=O)(=O)c1ccccc1. The standard InChI is InChI=1S/C28H29Cl4N3O4S/c1-18(27(37)33-28(2,3)4)34(16-20-21(29)12-8-13-22(20)30)25(36)17-35(24-15-9-14-23(31)26(24)32)40(38,39)19-10-6-5-7-11-19/h5-15,18H,16-17H2,1-4H3,(H,33,37)/t18-/m0/s1. The highest BCUT2D eigenvalue weighted by molar-refractivity contribution is 7.92. The van der Waals surface area contributed by atoms with Crippen LogP contribution in [0.5, 0.6) is 0 Å². The van der Waals surface area contributed by atoms with E-state index in [2.05, 4.69) is 5.32 Å². The van der Waals surface area contributed by atoms with Gasteiger partial charge in [0.05, 0.1) is 20.6 Å². The zero-order valence-electron chi connectivity index (χ0n) is 22.3. The average molecular weight is 645 g/mol. The molecular formula is C28H29Cl4N3O4S. The highest BCUT2D eigenvalue weighted by Crippen LogP contribution is 2.36. The van der Waals surface area contributed by atoms with Crippen LogP contribution >= 0.6 is 46.4 Å². The van der Waals surface area contributed by atoms with Gasteiger partial charge in [-0.1, -0.05) is 76.7 Å². The van der Waals surface area contributed by atoms with E-state index in [1.165, 1.54) is 35.2 Å². The molecule has 0 saturated heterocycles. The van der Waals surface area contributed by atoms with Gasteiger partial charge in [-0.05, 0) is 64.1 Å². The first-order chi connectivity index (χ1) is 18.6. The van der Waals surface area contributed by atoms with Crippen molar-refractivity contribution in [2.75, 3.05) is 10.8 Å². The minimum Gasteiger partial charge on any atom is -0.350 e. The predicted molar refractivity (Wildman–Crippen MR) is 162 cm³/mol. The first-order valence-electron chi connectivity index (χ1n) is 12.2. The number of hydrogen-bond acceptors (Lipinski definition) is 4. The Balaban J connectivity index is 2.11. The number of nitrogens with zero attached hydrogens (tertiary/aromatic N) is 2. The summed E-state index contributed by atoms with van der Waals surface area (Å²) in [5, 5.41) is 3.50. The van der Waals surface area contributed by atoms with Crippen molar-refractivity contribution >= 4 is 73.9 Å². The fraction of sp³-hybridized carbons (Fsp3) is 0.286. The predicted octanol–water partition coefficient (Wildman–Crippen LogP) is 6.83. The smallest absolute Gasteiger partial charge is 0.264 e. The molecule has 0 fully saturated rings. The van der Waals surface area contributed by atoms with E-state index in [4.69, 9.17) is 46.4 Å². The van der Waals surface area contributed by atoms with Crippen LogP contribution in [0.4, 0.5) is 5.69 Å². The third kappa shape index (κ3) is 7.62. The molecule has 3 aromatic rings. The van der Waals surface area contributed by atoms with E-state index < -0.39 is 40.0 Å². The maximum absolute atomic E-state index is 14.0. The summed E-state index contributed by atoms with van der Waals surface area (Å²) in [6.07, 6.45) is 0. The Bertz CT molecular complexity index is 1470. The second-order valence-electron chi connectivity index (χ2n) is 10.0. The van der Waals surface area contributed by atoms with E-state index in [9.17, 15) is 18.0 Å². The first-order valence-corrected chi connectivity index (χ1v) is 15.1. The maximum Gasteiger partial charge on any atom is 0.264 e.